The highest BCUT2D eigenvalue weighted by Gasteiger charge is 2.41. The number of aryl methyl sites for hydroxylation is 1. The Morgan fingerprint density at radius 2 is 1.87 bits per heavy atom. The van der Waals surface area contributed by atoms with E-state index in [1.807, 2.05) is 6.07 Å². The summed E-state index contributed by atoms with van der Waals surface area (Å²) in [5, 5.41) is 22.4. The van der Waals surface area contributed by atoms with E-state index in [2.05, 4.69) is 5.32 Å². The molecule has 4 rings (SSSR count). The lowest BCUT2D eigenvalue weighted by Gasteiger charge is -2.43. The molecule has 0 saturated carbocycles. The van der Waals surface area contributed by atoms with Gasteiger partial charge in [-0.25, -0.2) is 4.79 Å². The maximum absolute atomic E-state index is 12.9. The maximum Gasteiger partial charge on any atom is 0.405 e. The van der Waals surface area contributed by atoms with Crippen molar-refractivity contribution in [2.45, 2.75) is 38.0 Å². The molecule has 0 unspecified atom stereocenters. The molecule has 2 aromatic carbocycles. The minimum Gasteiger partial charge on any atom is -0.507 e. The molecule has 30 heavy (non-hydrogen) atoms. The van der Waals surface area contributed by atoms with Crippen LogP contribution in [0.5, 0.6) is 5.75 Å². The average Bonchev–Trinajstić information content (AvgIpc) is 2.69. The Hall–Kier alpha value is -3.10. The first-order chi connectivity index (χ1) is 14.2. The zero-order chi connectivity index (χ0) is 21.5. The summed E-state index contributed by atoms with van der Waals surface area (Å²) in [4.78, 5) is 24.2. The number of phenols is 1. The molecule has 0 radical (unpaired) electrons. The zero-order valence-electron chi connectivity index (χ0n) is 16.7. The van der Waals surface area contributed by atoms with E-state index in [4.69, 9.17) is 13.9 Å². The van der Waals surface area contributed by atoms with Crippen molar-refractivity contribution in [2.75, 3.05) is 13.2 Å². The van der Waals surface area contributed by atoms with Crippen molar-refractivity contribution in [3.8, 4) is 5.75 Å². The third-order valence-electron chi connectivity index (χ3n) is 5.40. The number of carbonyl (C=O) groups is 1. The summed E-state index contributed by atoms with van der Waals surface area (Å²) < 4.78 is 17.1. The third kappa shape index (κ3) is 3.83. The number of ether oxygens (including phenoxy) is 2. The highest BCUT2D eigenvalue weighted by Crippen LogP contribution is 2.29. The number of fused-ring (bicyclic) bond motifs is 2. The van der Waals surface area contributed by atoms with Gasteiger partial charge in [0.25, 0.3) is 0 Å². The van der Waals surface area contributed by atoms with Crippen LogP contribution in [0.4, 0.5) is 4.79 Å². The van der Waals surface area contributed by atoms with Gasteiger partial charge in [-0.15, -0.1) is 0 Å². The minimum absolute atomic E-state index is 0.128. The van der Waals surface area contributed by atoms with Gasteiger partial charge < -0.3 is 29.4 Å². The molecule has 2 heterocycles. The summed E-state index contributed by atoms with van der Waals surface area (Å²) in [5.74, 6) is -0.897. The normalized spacial score (nSPS) is 17.8. The summed E-state index contributed by atoms with van der Waals surface area (Å²) in [6, 6.07) is 9.96. The number of nitrogens with one attached hydrogen (secondary N) is 1. The number of aromatic hydroxyl groups is 1. The molecule has 8 nitrogen and oxygen atoms in total. The second-order valence-electron chi connectivity index (χ2n) is 8.10. The average molecular weight is 413 g/mol. The van der Waals surface area contributed by atoms with Gasteiger partial charge in [-0.2, -0.15) is 0 Å². The Balaban J connectivity index is 1.64. The number of amides is 1. The van der Waals surface area contributed by atoms with Crippen LogP contribution in [0, 0.1) is 0 Å². The number of rotatable bonds is 4. The van der Waals surface area contributed by atoms with Gasteiger partial charge in [-0.1, -0.05) is 12.1 Å². The van der Waals surface area contributed by atoms with E-state index < -0.39 is 17.4 Å². The lowest BCUT2D eigenvalue weighted by molar-refractivity contribution is -0.271. The standard InChI is InChI=1S/C22H23NO7/c1-21(2)28-11-22(12-29-21,23-20(26)27)9-8-13-6-7-16-14(10-13)19(25)18-15(24)4-3-5-17(18)30-16/h3-7,10,23-24H,8-9,11-12H2,1-2H3,(H,26,27). The first-order valence-corrected chi connectivity index (χ1v) is 9.65. The predicted octanol–water partition coefficient (Wildman–Crippen LogP) is 3.37. The van der Waals surface area contributed by atoms with Crippen molar-refractivity contribution in [1.29, 1.82) is 0 Å². The van der Waals surface area contributed by atoms with E-state index in [0.29, 0.717) is 29.4 Å². The molecule has 0 aliphatic carbocycles. The fourth-order valence-corrected chi connectivity index (χ4v) is 3.68. The van der Waals surface area contributed by atoms with Gasteiger partial charge in [0, 0.05) is 0 Å². The largest absolute Gasteiger partial charge is 0.507 e. The van der Waals surface area contributed by atoms with Crippen LogP contribution in [0.1, 0.15) is 25.8 Å². The van der Waals surface area contributed by atoms with Crippen LogP contribution in [0.15, 0.2) is 45.6 Å². The van der Waals surface area contributed by atoms with E-state index in [1.165, 1.54) is 6.07 Å². The number of hydrogen-bond donors (Lipinski definition) is 3. The highest BCUT2D eigenvalue weighted by atomic mass is 16.7. The van der Waals surface area contributed by atoms with Crippen LogP contribution < -0.4 is 10.7 Å². The fraction of sp³-hybridized carbons (Fsp3) is 0.364. The van der Waals surface area contributed by atoms with Gasteiger partial charge in [-0.3, -0.25) is 4.79 Å². The minimum atomic E-state index is -1.15. The van der Waals surface area contributed by atoms with Gasteiger partial charge in [0.15, 0.2) is 5.79 Å². The first-order valence-electron chi connectivity index (χ1n) is 9.65. The molecule has 0 atom stereocenters. The summed E-state index contributed by atoms with van der Waals surface area (Å²) in [6.07, 6.45) is -0.241. The predicted molar refractivity (Wildman–Crippen MR) is 110 cm³/mol. The Bertz CT molecular complexity index is 1170. The van der Waals surface area contributed by atoms with Crippen molar-refractivity contribution < 1.29 is 28.9 Å². The molecule has 1 amide bonds. The van der Waals surface area contributed by atoms with Crippen LogP contribution in [0.3, 0.4) is 0 Å². The van der Waals surface area contributed by atoms with E-state index in [-0.39, 0.29) is 29.8 Å². The molecule has 1 aliphatic rings. The summed E-state index contributed by atoms with van der Waals surface area (Å²) in [7, 11) is 0. The van der Waals surface area contributed by atoms with Gasteiger partial charge in [0.2, 0.25) is 5.43 Å². The van der Waals surface area contributed by atoms with E-state index >= 15 is 0 Å². The summed E-state index contributed by atoms with van der Waals surface area (Å²) >= 11 is 0. The van der Waals surface area contributed by atoms with E-state index in [9.17, 15) is 19.8 Å². The quantitative estimate of drug-likeness (QED) is 0.561. The maximum atomic E-state index is 12.9. The SMILES string of the molecule is CC1(C)OCC(CCc2ccc3oc4cccc(O)c4c(=O)c3c2)(NC(=O)O)CO1. The summed E-state index contributed by atoms with van der Waals surface area (Å²) in [5.41, 5.74) is 0.384. The van der Waals surface area contributed by atoms with Crippen molar-refractivity contribution in [2.24, 2.45) is 0 Å². The molecular formula is C22H23NO7. The van der Waals surface area contributed by atoms with Gasteiger partial charge in [0.05, 0.1) is 24.1 Å². The fourth-order valence-electron chi connectivity index (χ4n) is 3.68. The van der Waals surface area contributed by atoms with Gasteiger partial charge in [-0.05, 0) is 56.5 Å². The molecule has 3 N–H and O–H groups in total. The van der Waals surface area contributed by atoms with Crippen LogP contribution in [0.2, 0.25) is 0 Å². The van der Waals surface area contributed by atoms with Crippen LogP contribution in [-0.2, 0) is 15.9 Å². The Labute approximate surface area is 172 Å². The lowest BCUT2D eigenvalue weighted by Crippen LogP contribution is -2.61. The number of benzene rings is 2. The van der Waals surface area contributed by atoms with Gasteiger partial charge >= 0.3 is 6.09 Å². The van der Waals surface area contributed by atoms with Crippen LogP contribution >= 0.6 is 0 Å². The molecule has 3 aromatic rings. The topological polar surface area (TPSA) is 118 Å². The zero-order valence-corrected chi connectivity index (χ0v) is 16.7. The molecule has 1 aromatic heterocycles. The molecule has 1 fully saturated rings. The van der Waals surface area contributed by atoms with E-state index in [1.54, 1.807) is 38.1 Å². The van der Waals surface area contributed by atoms with Crippen LogP contribution in [-0.4, -0.2) is 40.8 Å². The Morgan fingerprint density at radius 3 is 2.57 bits per heavy atom. The Morgan fingerprint density at radius 1 is 1.13 bits per heavy atom. The Kier molecular flexibility index (Phi) is 4.91. The molecular weight excluding hydrogens is 390 g/mol. The van der Waals surface area contributed by atoms with Crippen LogP contribution in [0.25, 0.3) is 21.9 Å². The monoisotopic (exact) mass is 413 g/mol. The number of hydrogen-bond acceptors (Lipinski definition) is 6. The second-order valence-corrected chi connectivity index (χ2v) is 8.10. The van der Waals surface area contributed by atoms with E-state index in [0.717, 1.165) is 5.56 Å². The first kappa shape index (κ1) is 20.2. The molecule has 1 saturated heterocycles. The molecule has 1 aliphatic heterocycles. The number of carboxylic acid groups (broad SMARTS) is 1. The second kappa shape index (κ2) is 7.30. The van der Waals surface area contributed by atoms with Gasteiger partial charge in [0.1, 0.15) is 22.3 Å². The van der Waals surface area contributed by atoms with Crippen molar-refractivity contribution in [3.63, 3.8) is 0 Å². The smallest absolute Gasteiger partial charge is 0.405 e. The molecule has 0 spiro atoms. The van der Waals surface area contributed by atoms with Crippen molar-refractivity contribution in [1.82, 2.24) is 5.32 Å². The lowest BCUT2D eigenvalue weighted by atomic mass is 9.91. The highest BCUT2D eigenvalue weighted by molar-refractivity contribution is 5.93. The molecule has 0 bridgehead atoms. The molecule has 8 heteroatoms. The third-order valence-corrected chi connectivity index (χ3v) is 5.40. The van der Waals surface area contributed by atoms with Crippen molar-refractivity contribution >= 4 is 28.0 Å². The van der Waals surface area contributed by atoms with Crippen molar-refractivity contribution in [3.05, 3.63) is 52.2 Å². The number of phenolic OH excluding ortho intramolecular Hbond substituents is 1. The summed E-state index contributed by atoms with van der Waals surface area (Å²) in [6.45, 7) is 3.92. The molecule has 158 valence electrons.